The number of nitrogens with zero attached hydrogens (tertiary/aromatic N) is 5. The van der Waals surface area contributed by atoms with E-state index in [1.54, 1.807) is 4.90 Å². The third-order valence-corrected chi connectivity index (χ3v) is 4.37. The standard InChI is InChI=1S/C20H21N5O/c1-2-14-25-18-11-7-6-10-16(18)17(22-19(20(25)26)23-24-21)13-12-15-8-4-3-5-9-15/h3-11,19H,2,12-14H2,1H3. The molecule has 2 aromatic carbocycles. The predicted octanol–water partition coefficient (Wildman–Crippen LogP) is 4.50. The van der Waals surface area contributed by atoms with E-state index in [0.717, 1.165) is 29.8 Å². The molecule has 1 unspecified atom stereocenters. The molecule has 0 saturated heterocycles. The van der Waals surface area contributed by atoms with Gasteiger partial charge in [0.15, 0.2) is 0 Å². The van der Waals surface area contributed by atoms with Crippen LogP contribution in [0.4, 0.5) is 5.69 Å². The van der Waals surface area contributed by atoms with Gasteiger partial charge in [-0.15, -0.1) is 0 Å². The molecule has 3 rings (SSSR count). The number of anilines is 1. The van der Waals surface area contributed by atoms with Crippen molar-refractivity contribution in [2.75, 3.05) is 11.4 Å². The summed E-state index contributed by atoms with van der Waals surface area (Å²) in [7, 11) is 0. The lowest BCUT2D eigenvalue weighted by Gasteiger charge is -2.23. The van der Waals surface area contributed by atoms with E-state index in [4.69, 9.17) is 5.53 Å². The number of amides is 1. The SMILES string of the molecule is CCCN1C(=O)C(N=[N+]=[N-])N=C(CCc2ccccc2)c2ccccc21. The van der Waals surface area contributed by atoms with Gasteiger partial charge in [-0.05, 0) is 36.4 Å². The number of rotatable bonds is 6. The van der Waals surface area contributed by atoms with Gasteiger partial charge in [0, 0.05) is 22.7 Å². The summed E-state index contributed by atoms with van der Waals surface area (Å²) in [5.74, 6) is -0.271. The van der Waals surface area contributed by atoms with Crippen LogP contribution < -0.4 is 4.90 Å². The van der Waals surface area contributed by atoms with Gasteiger partial charge in [0.05, 0.1) is 5.69 Å². The predicted molar refractivity (Wildman–Crippen MR) is 103 cm³/mol. The number of carbonyl (C=O) groups excluding carboxylic acids is 1. The van der Waals surface area contributed by atoms with Crippen molar-refractivity contribution in [1.29, 1.82) is 0 Å². The minimum atomic E-state index is -1.05. The first-order chi connectivity index (χ1) is 12.7. The maximum Gasteiger partial charge on any atom is 0.257 e. The van der Waals surface area contributed by atoms with Crippen molar-refractivity contribution in [3.8, 4) is 0 Å². The van der Waals surface area contributed by atoms with E-state index >= 15 is 0 Å². The van der Waals surface area contributed by atoms with E-state index in [1.807, 2.05) is 49.4 Å². The van der Waals surface area contributed by atoms with Gasteiger partial charge < -0.3 is 4.90 Å². The van der Waals surface area contributed by atoms with Crippen molar-refractivity contribution in [2.45, 2.75) is 32.4 Å². The number of fused-ring (bicyclic) bond motifs is 1. The number of hydrogen-bond acceptors (Lipinski definition) is 3. The van der Waals surface area contributed by atoms with Crippen LogP contribution in [0.1, 0.15) is 30.9 Å². The third-order valence-electron chi connectivity index (χ3n) is 4.37. The van der Waals surface area contributed by atoms with Crippen molar-refractivity contribution in [1.82, 2.24) is 0 Å². The van der Waals surface area contributed by atoms with Gasteiger partial charge >= 0.3 is 0 Å². The van der Waals surface area contributed by atoms with Crippen LogP contribution in [0.3, 0.4) is 0 Å². The highest BCUT2D eigenvalue weighted by Gasteiger charge is 2.30. The zero-order valence-electron chi connectivity index (χ0n) is 14.7. The fourth-order valence-corrected chi connectivity index (χ4v) is 3.17. The Morgan fingerprint density at radius 2 is 1.85 bits per heavy atom. The average Bonchev–Trinajstić information content (AvgIpc) is 2.78. The maximum absolute atomic E-state index is 12.9. The van der Waals surface area contributed by atoms with Gasteiger partial charge in [-0.2, -0.15) is 0 Å². The van der Waals surface area contributed by atoms with Gasteiger partial charge in [-0.25, -0.2) is 0 Å². The van der Waals surface area contributed by atoms with E-state index in [1.165, 1.54) is 5.56 Å². The highest BCUT2D eigenvalue weighted by Crippen LogP contribution is 2.28. The Morgan fingerprint density at radius 1 is 1.12 bits per heavy atom. The van der Waals surface area contributed by atoms with Crippen LogP contribution >= 0.6 is 0 Å². The Balaban J connectivity index is 2.01. The number of azide groups is 1. The highest BCUT2D eigenvalue weighted by atomic mass is 16.2. The molecular weight excluding hydrogens is 326 g/mol. The van der Waals surface area contributed by atoms with Gasteiger partial charge in [0.25, 0.3) is 5.91 Å². The molecule has 6 nitrogen and oxygen atoms in total. The molecule has 1 aliphatic rings. The second-order valence-corrected chi connectivity index (χ2v) is 6.15. The van der Waals surface area contributed by atoms with Crippen LogP contribution in [-0.4, -0.2) is 24.3 Å². The number of hydrogen-bond donors (Lipinski definition) is 0. The minimum Gasteiger partial charge on any atom is -0.310 e. The number of aryl methyl sites for hydroxylation is 1. The normalized spacial score (nSPS) is 16.3. The van der Waals surface area contributed by atoms with Crippen LogP contribution in [0.25, 0.3) is 10.4 Å². The van der Waals surface area contributed by atoms with Gasteiger partial charge in [-0.3, -0.25) is 9.79 Å². The molecule has 0 bridgehead atoms. The second kappa shape index (κ2) is 8.32. The molecule has 0 fully saturated rings. The molecule has 132 valence electrons. The summed E-state index contributed by atoms with van der Waals surface area (Å²) < 4.78 is 0. The molecule has 2 aromatic rings. The lowest BCUT2D eigenvalue weighted by Crippen LogP contribution is -2.37. The van der Waals surface area contributed by atoms with Crippen LogP contribution in [0.15, 0.2) is 64.7 Å². The fraction of sp³-hybridized carbons (Fsp3) is 0.300. The summed E-state index contributed by atoms with van der Waals surface area (Å²) >= 11 is 0. The molecule has 1 aliphatic heterocycles. The zero-order chi connectivity index (χ0) is 18.4. The summed E-state index contributed by atoms with van der Waals surface area (Å²) in [5.41, 5.74) is 12.6. The van der Waals surface area contributed by atoms with Crippen molar-refractivity contribution >= 4 is 17.3 Å². The molecule has 0 aromatic heterocycles. The molecule has 26 heavy (non-hydrogen) atoms. The highest BCUT2D eigenvalue weighted by molar-refractivity contribution is 6.12. The number of aliphatic imine (C=N–C) groups is 1. The summed E-state index contributed by atoms with van der Waals surface area (Å²) in [6.45, 7) is 2.58. The van der Waals surface area contributed by atoms with E-state index < -0.39 is 6.17 Å². The molecule has 6 heteroatoms. The van der Waals surface area contributed by atoms with E-state index in [-0.39, 0.29) is 5.91 Å². The number of benzodiazepines with no additional fused rings is 1. The molecular formula is C20H21N5O. The van der Waals surface area contributed by atoms with Crippen LogP contribution in [0.5, 0.6) is 0 Å². The van der Waals surface area contributed by atoms with Crippen LogP contribution in [0.2, 0.25) is 0 Å². The van der Waals surface area contributed by atoms with Crippen molar-refractivity contribution in [3.05, 3.63) is 76.2 Å². The van der Waals surface area contributed by atoms with Crippen molar-refractivity contribution in [3.63, 3.8) is 0 Å². The first-order valence-corrected chi connectivity index (χ1v) is 8.80. The Labute approximate surface area is 152 Å². The minimum absolute atomic E-state index is 0.271. The van der Waals surface area contributed by atoms with Crippen molar-refractivity contribution < 1.29 is 4.79 Å². The first kappa shape index (κ1) is 17.7. The summed E-state index contributed by atoms with van der Waals surface area (Å²) in [6.07, 6.45) is 1.23. The smallest absolute Gasteiger partial charge is 0.257 e. The third kappa shape index (κ3) is 3.76. The Kier molecular flexibility index (Phi) is 5.66. The van der Waals surface area contributed by atoms with E-state index in [9.17, 15) is 4.79 Å². The van der Waals surface area contributed by atoms with Crippen molar-refractivity contribution in [2.24, 2.45) is 10.1 Å². The molecule has 1 amide bonds. The van der Waals surface area contributed by atoms with Crippen LogP contribution in [0, 0.1) is 0 Å². The number of para-hydroxylation sites is 1. The van der Waals surface area contributed by atoms with E-state index in [0.29, 0.717) is 13.0 Å². The molecule has 0 N–H and O–H groups in total. The molecule has 0 saturated carbocycles. The largest absolute Gasteiger partial charge is 0.310 e. The van der Waals surface area contributed by atoms with Crippen LogP contribution in [-0.2, 0) is 11.2 Å². The van der Waals surface area contributed by atoms with Gasteiger partial charge in [0.2, 0.25) is 6.17 Å². The van der Waals surface area contributed by atoms with E-state index in [2.05, 4.69) is 27.2 Å². The summed E-state index contributed by atoms with van der Waals surface area (Å²) in [5, 5.41) is 3.65. The molecule has 0 radical (unpaired) electrons. The molecule has 1 heterocycles. The second-order valence-electron chi connectivity index (χ2n) is 6.15. The quantitative estimate of drug-likeness (QED) is 0.430. The van der Waals surface area contributed by atoms with Gasteiger partial charge in [0.1, 0.15) is 0 Å². The summed E-state index contributed by atoms with van der Waals surface area (Å²) in [4.78, 5) is 21.9. The monoisotopic (exact) mass is 347 g/mol. The van der Waals surface area contributed by atoms with Gasteiger partial charge in [-0.1, -0.05) is 60.6 Å². The molecule has 0 aliphatic carbocycles. The topological polar surface area (TPSA) is 81.4 Å². The lowest BCUT2D eigenvalue weighted by atomic mass is 10.00. The average molecular weight is 347 g/mol. The number of benzene rings is 2. The Hall–Kier alpha value is -3.11. The Morgan fingerprint density at radius 3 is 2.58 bits per heavy atom. The Bertz CT molecular complexity index is 856. The molecule has 0 spiro atoms. The number of carbonyl (C=O) groups is 1. The lowest BCUT2D eigenvalue weighted by molar-refractivity contribution is -0.119. The maximum atomic E-state index is 12.9. The fourth-order valence-electron chi connectivity index (χ4n) is 3.17. The molecule has 1 atom stereocenters. The zero-order valence-corrected chi connectivity index (χ0v) is 14.7. The first-order valence-electron chi connectivity index (χ1n) is 8.80. The summed E-state index contributed by atoms with van der Waals surface area (Å²) in [6, 6.07) is 17.9.